The van der Waals surface area contributed by atoms with Crippen LogP contribution in [0.5, 0.6) is 0 Å². The number of piperazine rings is 1. The average Bonchev–Trinajstić information content (AvgIpc) is 3.05. The Balaban J connectivity index is 1.58. The molecule has 1 saturated heterocycles. The number of nitrogens with zero attached hydrogens (tertiary/aromatic N) is 4. The Hall–Kier alpha value is -2.18. The molecule has 0 aliphatic carbocycles. The molecule has 2 heterocycles. The maximum Gasteiger partial charge on any atom is 0.248 e. The molecular formula is C19H27N5O. The molecule has 0 bridgehead atoms. The first-order chi connectivity index (χ1) is 12.1. The van der Waals surface area contributed by atoms with Crippen LogP contribution in [-0.4, -0.2) is 50.9 Å². The van der Waals surface area contributed by atoms with Crippen LogP contribution in [0.4, 0.5) is 0 Å². The Labute approximate surface area is 149 Å². The maximum atomic E-state index is 11.3. The van der Waals surface area contributed by atoms with Crippen molar-refractivity contribution in [3.63, 3.8) is 0 Å². The molecule has 134 valence electrons. The maximum absolute atomic E-state index is 11.3. The van der Waals surface area contributed by atoms with E-state index < -0.39 is 0 Å². The molecule has 6 heteroatoms. The summed E-state index contributed by atoms with van der Waals surface area (Å²) >= 11 is 0. The number of carbonyl (C=O) groups excluding carboxylic acids is 1. The molecular weight excluding hydrogens is 314 g/mol. The Morgan fingerprint density at radius 2 is 2.16 bits per heavy atom. The number of aryl methyl sites for hydroxylation is 1. The molecule has 1 unspecified atom stereocenters. The zero-order valence-corrected chi connectivity index (χ0v) is 15.1. The zero-order chi connectivity index (χ0) is 17.8. The Kier molecular flexibility index (Phi) is 5.50. The highest BCUT2D eigenvalue weighted by atomic mass is 16.1. The van der Waals surface area contributed by atoms with Gasteiger partial charge in [-0.25, -0.2) is 4.98 Å². The van der Waals surface area contributed by atoms with E-state index in [0.717, 1.165) is 50.7 Å². The largest absolute Gasteiger partial charge is 0.366 e. The van der Waals surface area contributed by atoms with Crippen LogP contribution >= 0.6 is 0 Å². The van der Waals surface area contributed by atoms with E-state index in [1.54, 1.807) is 6.07 Å². The van der Waals surface area contributed by atoms with Crippen molar-refractivity contribution in [3.05, 3.63) is 53.6 Å². The third-order valence-electron chi connectivity index (χ3n) is 4.95. The van der Waals surface area contributed by atoms with E-state index in [9.17, 15) is 4.79 Å². The van der Waals surface area contributed by atoms with E-state index in [1.807, 2.05) is 24.5 Å². The highest BCUT2D eigenvalue weighted by Crippen LogP contribution is 2.16. The van der Waals surface area contributed by atoms with Gasteiger partial charge in [0, 0.05) is 56.7 Å². The number of hydrogen-bond acceptors (Lipinski definition) is 4. The Morgan fingerprint density at radius 1 is 1.32 bits per heavy atom. The van der Waals surface area contributed by atoms with Crippen LogP contribution in [-0.2, 0) is 19.6 Å². The Morgan fingerprint density at radius 3 is 2.88 bits per heavy atom. The monoisotopic (exact) mass is 341 g/mol. The molecule has 2 N–H and O–H groups in total. The van der Waals surface area contributed by atoms with Crippen molar-refractivity contribution in [1.29, 1.82) is 0 Å². The third kappa shape index (κ3) is 4.27. The third-order valence-corrected chi connectivity index (χ3v) is 4.95. The van der Waals surface area contributed by atoms with Crippen LogP contribution in [0.25, 0.3) is 0 Å². The number of carbonyl (C=O) groups is 1. The van der Waals surface area contributed by atoms with E-state index in [4.69, 9.17) is 5.73 Å². The number of amides is 1. The van der Waals surface area contributed by atoms with Gasteiger partial charge in [-0.05, 0) is 31.5 Å². The van der Waals surface area contributed by atoms with Crippen molar-refractivity contribution >= 4 is 5.91 Å². The predicted molar refractivity (Wildman–Crippen MR) is 98.0 cm³/mol. The highest BCUT2D eigenvalue weighted by Gasteiger charge is 2.24. The van der Waals surface area contributed by atoms with Gasteiger partial charge in [0.05, 0.1) is 6.54 Å². The van der Waals surface area contributed by atoms with E-state index in [-0.39, 0.29) is 5.91 Å². The van der Waals surface area contributed by atoms with E-state index in [0.29, 0.717) is 11.6 Å². The minimum Gasteiger partial charge on any atom is -0.366 e. The smallest absolute Gasteiger partial charge is 0.248 e. The lowest BCUT2D eigenvalue weighted by Gasteiger charge is -2.39. The minimum atomic E-state index is -0.369. The Bertz CT molecular complexity index is 726. The second kappa shape index (κ2) is 7.80. The summed E-state index contributed by atoms with van der Waals surface area (Å²) in [7, 11) is 0. The van der Waals surface area contributed by atoms with E-state index in [1.165, 1.54) is 0 Å². The zero-order valence-electron chi connectivity index (χ0n) is 15.1. The molecule has 0 saturated carbocycles. The fraction of sp³-hybridized carbons (Fsp3) is 0.474. The first-order valence-corrected chi connectivity index (χ1v) is 8.92. The molecule has 3 rings (SSSR count). The second-order valence-corrected chi connectivity index (χ2v) is 6.75. The van der Waals surface area contributed by atoms with Crippen molar-refractivity contribution in [2.24, 2.45) is 5.73 Å². The van der Waals surface area contributed by atoms with Gasteiger partial charge >= 0.3 is 0 Å². The lowest BCUT2D eigenvalue weighted by molar-refractivity contribution is 0.0705. The number of benzene rings is 1. The number of rotatable bonds is 6. The molecule has 1 atom stereocenters. The number of primary amides is 1. The van der Waals surface area contributed by atoms with Crippen LogP contribution in [0.3, 0.4) is 0 Å². The molecule has 1 aliphatic rings. The first-order valence-electron chi connectivity index (χ1n) is 8.92. The molecule has 1 aliphatic heterocycles. The average molecular weight is 341 g/mol. The van der Waals surface area contributed by atoms with Crippen molar-refractivity contribution < 1.29 is 4.79 Å². The first kappa shape index (κ1) is 17.6. The van der Waals surface area contributed by atoms with Crippen molar-refractivity contribution in [3.8, 4) is 0 Å². The summed E-state index contributed by atoms with van der Waals surface area (Å²) in [4.78, 5) is 20.8. The molecule has 0 radical (unpaired) electrons. The normalized spacial score (nSPS) is 19.2. The number of hydrogen-bond donors (Lipinski definition) is 1. The lowest BCUT2D eigenvalue weighted by atomic mass is 10.1. The topological polar surface area (TPSA) is 67.4 Å². The van der Waals surface area contributed by atoms with Crippen LogP contribution in [0.1, 0.15) is 35.6 Å². The van der Waals surface area contributed by atoms with Crippen molar-refractivity contribution in [2.75, 3.05) is 19.6 Å². The highest BCUT2D eigenvalue weighted by molar-refractivity contribution is 5.92. The number of imidazole rings is 1. The summed E-state index contributed by atoms with van der Waals surface area (Å²) in [5.41, 5.74) is 7.09. The molecule has 1 aromatic carbocycles. The quantitative estimate of drug-likeness (QED) is 0.868. The van der Waals surface area contributed by atoms with Crippen LogP contribution in [0, 0.1) is 0 Å². The van der Waals surface area contributed by atoms with E-state index in [2.05, 4.69) is 39.3 Å². The van der Waals surface area contributed by atoms with Gasteiger partial charge in [-0.15, -0.1) is 0 Å². The van der Waals surface area contributed by atoms with E-state index >= 15 is 0 Å². The summed E-state index contributed by atoms with van der Waals surface area (Å²) in [6.07, 6.45) is 3.92. The molecule has 6 nitrogen and oxygen atoms in total. The van der Waals surface area contributed by atoms with Gasteiger partial charge < -0.3 is 10.3 Å². The van der Waals surface area contributed by atoms with Crippen LogP contribution < -0.4 is 5.73 Å². The number of nitrogens with two attached hydrogens (primary N) is 1. The summed E-state index contributed by atoms with van der Waals surface area (Å²) in [6, 6.07) is 8.09. The molecule has 0 spiro atoms. The molecule has 1 aromatic heterocycles. The SMILES string of the molecule is CCn1ccnc1CN1CCN(Cc2cccc(C(N)=O)c2)CC1C. The van der Waals surface area contributed by atoms with Gasteiger partial charge in [-0.3, -0.25) is 14.6 Å². The van der Waals surface area contributed by atoms with Crippen molar-refractivity contribution in [2.45, 2.75) is 39.5 Å². The lowest BCUT2D eigenvalue weighted by Crippen LogP contribution is -2.51. The molecule has 1 amide bonds. The summed E-state index contributed by atoms with van der Waals surface area (Å²) < 4.78 is 2.20. The van der Waals surface area contributed by atoms with Crippen LogP contribution in [0.2, 0.25) is 0 Å². The van der Waals surface area contributed by atoms with Gasteiger partial charge in [0.15, 0.2) is 0 Å². The summed E-state index contributed by atoms with van der Waals surface area (Å²) in [5, 5.41) is 0. The van der Waals surface area contributed by atoms with Gasteiger partial charge in [0.25, 0.3) is 0 Å². The minimum absolute atomic E-state index is 0.369. The fourth-order valence-corrected chi connectivity index (χ4v) is 3.49. The van der Waals surface area contributed by atoms with Gasteiger partial charge in [0.1, 0.15) is 5.82 Å². The number of aromatic nitrogens is 2. The predicted octanol–water partition coefficient (Wildman–Crippen LogP) is 1.71. The standard InChI is InChI=1S/C19H27N5O/c1-3-23-8-7-21-18(23)14-24-10-9-22(12-15(24)2)13-16-5-4-6-17(11-16)19(20)25/h4-8,11,15H,3,9-10,12-14H2,1-2H3,(H2,20,25). The molecule has 2 aromatic rings. The van der Waals surface area contributed by atoms with Gasteiger partial charge in [-0.2, -0.15) is 0 Å². The molecule has 1 fully saturated rings. The molecule has 25 heavy (non-hydrogen) atoms. The van der Waals surface area contributed by atoms with Gasteiger partial charge in [-0.1, -0.05) is 12.1 Å². The summed E-state index contributed by atoms with van der Waals surface area (Å²) in [5.74, 6) is 0.767. The fourth-order valence-electron chi connectivity index (χ4n) is 3.49. The van der Waals surface area contributed by atoms with Gasteiger partial charge in [0.2, 0.25) is 5.91 Å². The second-order valence-electron chi connectivity index (χ2n) is 6.75. The van der Waals surface area contributed by atoms with Crippen LogP contribution in [0.15, 0.2) is 36.7 Å². The summed E-state index contributed by atoms with van der Waals surface area (Å²) in [6.45, 7) is 10.2. The van der Waals surface area contributed by atoms with Crippen molar-refractivity contribution in [1.82, 2.24) is 19.4 Å².